The summed E-state index contributed by atoms with van der Waals surface area (Å²) in [4.78, 5) is 2.05. The van der Waals surface area contributed by atoms with Gasteiger partial charge in [0, 0.05) is 25.3 Å². The average molecular weight is 389 g/mol. The molecule has 0 unspecified atom stereocenters. The van der Waals surface area contributed by atoms with E-state index < -0.39 is 0 Å². The number of nitrogens with zero attached hydrogens (tertiary/aromatic N) is 5. The lowest BCUT2D eigenvalue weighted by Crippen LogP contribution is -2.08. The first-order valence-electron chi connectivity index (χ1n) is 8.72. The van der Waals surface area contributed by atoms with Crippen molar-refractivity contribution in [2.75, 3.05) is 19.0 Å². The first kappa shape index (κ1) is 17.9. The third kappa shape index (κ3) is 3.63. The first-order chi connectivity index (χ1) is 13.6. The van der Waals surface area contributed by atoms with Crippen molar-refractivity contribution in [1.82, 2.24) is 25.1 Å². The van der Waals surface area contributed by atoms with Crippen LogP contribution in [-0.4, -0.2) is 45.4 Å². The van der Waals surface area contributed by atoms with Gasteiger partial charge >= 0.3 is 0 Å². The van der Waals surface area contributed by atoms with Crippen molar-refractivity contribution in [2.24, 2.45) is 5.10 Å². The summed E-state index contributed by atoms with van der Waals surface area (Å²) in [6, 6.07) is 20.0. The number of benzene rings is 2. The van der Waals surface area contributed by atoms with Crippen LogP contribution in [0, 0.1) is 4.77 Å². The smallest absolute Gasteiger partial charge is 0.216 e. The molecule has 2 heterocycles. The van der Waals surface area contributed by atoms with E-state index in [0.717, 1.165) is 28.2 Å². The van der Waals surface area contributed by atoms with Crippen molar-refractivity contribution in [2.45, 2.75) is 0 Å². The van der Waals surface area contributed by atoms with Gasteiger partial charge in [0.05, 0.1) is 11.9 Å². The summed E-state index contributed by atoms with van der Waals surface area (Å²) in [6.45, 7) is 0. The Morgan fingerprint density at radius 1 is 1.00 bits per heavy atom. The molecule has 28 heavy (non-hydrogen) atoms. The quantitative estimate of drug-likeness (QED) is 0.400. The van der Waals surface area contributed by atoms with Crippen LogP contribution in [0.4, 0.5) is 5.69 Å². The maximum Gasteiger partial charge on any atom is 0.216 e. The van der Waals surface area contributed by atoms with Gasteiger partial charge in [-0.2, -0.15) is 20.0 Å². The molecule has 0 aliphatic heterocycles. The fourth-order valence-electron chi connectivity index (χ4n) is 2.75. The van der Waals surface area contributed by atoms with E-state index in [1.54, 1.807) is 10.9 Å². The van der Waals surface area contributed by atoms with Gasteiger partial charge in [-0.1, -0.05) is 42.5 Å². The molecule has 0 atom stereocenters. The van der Waals surface area contributed by atoms with E-state index in [0.29, 0.717) is 10.6 Å². The molecule has 0 bridgehead atoms. The fourth-order valence-corrected chi connectivity index (χ4v) is 2.93. The summed E-state index contributed by atoms with van der Waals surface area (Å²) in [5, 5.41) is 19.0. The second-order valence-electron chi connectivity index (χ2n) is 6.43. The Hall–Kier alpha value is -3.52. The summed E-state index contributed by atoms with van der Waals surface area (Å²) >= 11 is 5.33. The molecule has 0 saturated carbocycles. The third-order valence-corrected chi connectivity index (χ3v) is 4.53. The number of nitrogens with one attached hydrogen (secondary N) is 2. The Balaban J connectivity index is 1.63. The standard InChI is InChI=1S/C20H19N7S/c1-26(2)16-10-8-14(9-11-16)13-21-27-19(24-25-20(27)28)18-12-17(22-23-18)15-6-4-3-5-7-15/h3-13H,1-2H3,(H,22,23)(H,25,28)/b21-13+. The van der Waals surface area contributed by atoms with E-state index in [2.05, 4.69) is 25.5 Å². The highest BCUT2D eigenvalue weighted by atomic mass is 32.1. The fraction of sp³-hybridized carbons (Fsp3) is 0.100. The van der Waals surface area contributed by atoms with Crippen molar-refractivity contribution in [3.63, 3.8) is 0 Å². The van der Waals surface area contributed by atoms with Gasteiger partial charge in [-0.15, -0.1) is 0 Å². The van der Waals surface area contributed by atoms with Crippen LogP contribution in [0.15, 0.2) is 65.8 Å². The summed E-state index contributed by atoms with van der Waals surface area (Å²) in [5.41, 5.74) is 4.68. The topological polar surface area (TPSA) is 77.9 Å². The second-order valence-corrected chi connectivity index (χ2v) is 6.81. The highest BCUT2D eigenvalue weighted by Gasteiger charge is 2.12. The van der Waals surface area contributed by atoms with Gasteiger partial charge in [-0.25, -0.2) is 5.10 Å². The molecule has 4 aromatic rings. The predicted molar refractivity (Wildman–Crippen MR) is 114 cm³/mol. The number of aromatic amines is 2. The maximum absolute atomic E-state index is 5.33. The minimum absolute atomic E-state index is 0.409. The van der Waals surface area contributed by atoms with Crippen LogP contribution in [-0.2, 0) is 0 Å². The van der Waals surface area contributed by atoms with E-state index in [4.69, 9.17) is 12.2 Å². The zero-order valence-corrected chi connectivity index (χ0v) is 16.3. The predicted octanol–water partition coefficient (Wildman–Crippen LogP) is 3.95. The van der Waals surface area contributed by atoms with Crippen LogP contribution in [0.3, 0.4) is 0 Å². The molecule has 4 rings (SSSR count). The van der Waals surface area contributed by atoms with Gasteiger partial charge in [0.2, 0.25) is 10.6 Å². The van der Waals surface area contributed by atoms with Crippen LogP contribution in [0.25, 0.3) is 22.8 Å². The number of hydrogen-bond acceptors (Lipinski definition) is 5. The molecule has 0 aliphatic rings. The van der Waals surface area contributed by atoms with Gasteiger partial charge in [-0.3, -0.25) is 5.10 Å². The lowest BCUT2D eigenvalue weighted by molar-refractivity contribution is 0.865. The van der Waals surface area contributed by atoms with Gasteiger partial charge in [0.1, 0.15) is 5.69 Å². The number of aromatic nitrogens is 5. The number of anilines is 1. The highest BCUT2D eigenvalue weighted by molar-refractivity contribution is 7.71. The van der Waals surface area contributed by atoms with E-state index >= 15 is 0 Å². The molecule has 2 aromatic heterocycles. The summed E-state index contributed by atoms with van der Waals surface area (Å²) in [7, 11) is 4.02. The zero-order chi connectivity index (χ0) is 19.5. The van der Waals surface area contributed by atoms with Crippen molar-refractivity contribution in [1.29, 1.82) is 0 Å². The van der Waals surface area contributed by atoms with Gasteiger partial charge in [0.25, 0.3) is 0 Å². The minimum Gasteiger partial charge on any atom is -0.378 e. The summed E-state index contributed by atoms with van der Waals surface area (Å²) in [5.74, 6) is 0.570. The molecule has 0 spiro atoms. The van der Waals surface area contributed by atoms with Crippen molar-refractivity contribution < 1.29 is 0 Å². The summed E-state index contributed by atoms with van der Waals surface area (Å²) in [6.07, 6.45) is 1.75. The third-order valence-electron chi connectivity index (χ3n) is 4.27. The van der Waals surface area contributed by atoms with Crippen molar-refractivity contribution in [3.8, 4) is 22.8 Å². The van der Waals surface area contributed by atoms with E-state index in [1.165, 1.54) is 0 Å². The van der Waals surface area contributed by atoms with E-state index in [-0.39, 0.29) is 0 Å². The van der Waals surface area contributed by atoms with E-state index in [9.17, 15) is 0 Å². The molecule has 2 N–H and O–H groups in total. The number of rotatable bonds is 5. The Labute approximate surface area is 167 Å². The Morgan fingerprint density at radius 3 is 2.46 bits per heavy atom. The summed E-state index contributed by atoms with van der Waals surface area (Å²) < 4.78 is 1.99. The largest absolute Gasteiger partial charge is 0.378 e. The number of H-pyrrole nitrogens is 2. The lowest BCUT2D eigenvalue weighted by Gasteiger charge is -2.11. The second kappa shape index (κ2) is 7.61. The van der Waals surface area contributed by atoms with Crippen molar-refractivity contribution in [3.05, 3.63) is 71.0 Å². The molecule has 0 aliphatic carbocycles. The SMILES string of the molecule is CN(C)c1ccc(/C=N/n2c(-c3cc(-c4ccccc4)n[nH]3)n[nH]c2=S)cc1. The molecule has 0 fully saturated rings. The van der Waals surface area contributed by atoms with Crippen LogP contribution in [0.5, 0.6) is 0 Å². The molecule has 2 aromatic carbocycles. The monoisotopic (exact) mass is 389 g/mol. The van der Waals surface area contributed by atoms with Crippen LogP contribution >= 0.6 is 12.2 Å². The first-order valence-corrected chi connectivity index (χ1v) is 9.13. The molecule has 140 valence electrons. The maximum atomic E-state index is 5.33. The average Bonchev–Trinajstić information content (AvgIpc) is 3.34. The molecule has 7 nitrogen and oxygen atoms in total. The molecule has 0 amide bonds. The molecular formula is C20H19N7S. The van der Waals surface area contributed by atoms with E-state index in [1.807, 2.05) is 79.7 Å². The molecule has 8 heteroatoms. The number of hydrogen-bond donors (Lipinski definition) is 2. The van der Waals surface area contributed by atoms with Crippen molar-refractivity contribution >= 4 is 24.1 Å². The highest BCUT2D eigenvalue weighted by Crippen LogP contribution is 2.22. The van der Waals surface area contributed by atoms with Crippen LogP contribution < -0.4 is 4.90 Å². The lowest BCUT2D eigenvalue weighted by atomic mass is 10.1. The van der Waals surface area contributed by atoms with Gasteiger partial charge in [-0.05, 0) is 36.0 Å². The van der Waals surface area contributed by atoms with Crippen LogP contribution in [0.1, 0.15) is 5.56 Å². The molecule has 0 saturated heterocycles. The van der Waals surface area contributed by atoms with Gasteiger partial charge < -0.3 is 4.90 Å². The zero-order valence-electron chi connectivity index (χ0n) is 15.5. The minimum atomic E-state index is 0.409. The normalized spacial score (nSPS) is 11.2. The Kier molecular flexibility index (Phi) is 4.86. The Bertz CT molecular complexity index is 1150. The Morgan fingerprint density at radius 2 is 1.75 bits per heavy atom. The van der Waals surface area contributed by atoms with Crippen LogP contribution in [0.2, 0.25) is 0 Å². The molecular weight excluding hydrogens is 370 g/mol. The van der Waals surface area contributed by atoms with Gasteiger partial charge in [0.15, 0.2) is 0 Å². The molecule has 0 radical (unpaired) electrons.